The highest BCUT2D eigenvalue weighted by Crippen LogP contribution is 2.29. The van der Waals surface area contributed by atoms with Crippen LogP contribution in [0.4, 0.5) is 5.69 Å². The van der Waals surface area contributed by atoms with Crippen LogP contribution in [0, 0.1) is 6.92 Å². The number of benzene rings is 3. The van der Waals surface area contributed by atoms with E-state index in [1.165, 1.54) is 4.88 Å². The van der Waals surface area contributed by atoms with Crippen LogP contribution in [0.2, 0.25) is 0 Å². The SMILES string of the molecule is Br.CCOc1ccc(-c2c(C)sc(=Nc3ccccc3)n2-c2ccccc2)cc1. The fraction of sp³-hybridized carbons (Fsp3) is 0.125. The highest BCUT2D eigenvalue weighted by molar-refractivity contribution is 8.93. The molecule has 0 fully saturated rings. The lowest BCUT2D eigenvalue weighted by Crippen LogP contribution is -2.13. The number of para-hydroxylation sites is 2. The van der Waals surface area contributed by atoms with Gasteiger partial charge in [-0.1, -0.05) is 36.4 Å². The highest BCUT2D eigenvalue weighted by atomic mass is 79.9. The number of aromatic nitrogens is 1. The quantitative estimate of drug-likeness (QED) is 0.320. The first-order valence-corrected chi connectivity index (χ1v) is 10.2. The minimum atomic E-state index is 0. The summed E-state index contributed by atoms with van der Waals surface area (Å²) in [4.78, 5) is 7.11. The van der Waals surface area contributed by atoms with Crippen molar-refractivity contribution in [1.82, 2.24) is 4.57 Å². The van der Waals surface area contributed by atoms with Gasteiger partial charge in [0.1, 0.15) is 5.75 Å². The standard InChI is InChI=1S/C24H22N2OS.BrH/c1-3-27-22-16-14-19(15-17-22)23-18(2)28-24(25-20-10-6-4-7-11-20)26(23)21-12-8-5-9-13-21;/h4-17H,3H2,1-2H3;1H. The van der Waals surface area contributed by atoms with Crippen LogP contribution in [0.15, 0.2) is 89.9 Å². The zero-order chi connectivity index (χ0) is 19.3. The van der Waals surface area contributed by atoms with E-state index in [1.54, 1.807) is 11.3 Å². The van der Waals surface area contributed by atoms with Gasteiger partial charge < -0.3 is 4.74 Å². The van der Waals surface area contributed by atoms with Crippen molar-refractivity contribution in [1.29, 1.82) is 0 Å². The third kappa shape index (κ3) is 4.69. The Hall–Kier alpha value is -2.63. The number of ether oxygens (including phenoxy) is 1. The molecule has 0 aliphatic carbocycles. The van der Waals surface area contributed by atoms with E-state index >= 15 is 0 Å². The lowest BCUT2D eigenvalue weighted by atomic mass is 10.1. The van der Waals surface area contributed by atoms with Gasteiger partial charge in [-0.25, -0.2) is 4.99 Å². The fourth-order valence-electron chi connectivity index (χ4n) is 3.19. The minimum Gasteiger partial charge on any atom is -0.494 e. The number of thiazole rings is 1. The van der Waals surface area contributed by atoms with Gasteiger partial charge in [-0.2, -0.15) is 0 Å². The first-order chi connectivity index (χ1) is 13.8. The predicted octanol–water partition coefficient (Wildman–Crippen LogP) is 6.72. The molecule has 0 bridgehead atoms. The van der Waals surface area contributed by atoms with Crippen molar-refractivity contribution in [3.05, 3.63) is 94.6 Å². The molecule has 148 valence electrons. The number of halogens is 1. The van der Waals surface area contributed by atoms with Gasteiger partial charge in [-0.05, 0) is 67.9 Å². The predicted molar refractivity (Wildman–Crippen MR) is 127 cm³/mol. The van der Waals surface area contributed by atoms with Crippen LogP contribution < -0.4 is 9.54 Å². The summed E-state index contributed by atoms with van der Waals surface area (Å²) in [6.45, 7) is 4.82. The first-order valence-electron chi connectivity index (χ1n) is 9.37. The first kappa shape index (κ1) is 21.1. The normalized spacial score (nSPS) is 11.2. The van der Waals surface area contributed by atoms with Crippen LogP contribution >= 0.6 is 28.3 Å². The van der Waals surface area contributed by atoms with Crippen molar-refractivity contribution in [2.75, 3.05) is 6.61 Å². The lowest BCUT2D eigenvalue weighted by molar-refractivity contribution is 0.340. The van der Waals surface area contributed by atoms with Crippen molar-refractivity contribution < 1.29 is 4.74 Å². The number of hydrogen-bond donors (Lipinski definition) is 0. The molecular formula is C24H23BrN2OS. The van der Waals surface area contributed by atoms with Gasteiger partial charge in [-0.15, -0.1) is 28.3 Å². The second-order valence-electron chi connectivity index (χ2n) is 6.37. The van der Waals surface area contributed by atoms with Gasteiger partial charge >= 0.3 is 0 Å². The maximum Gasteiger partial charge on any atom is 0.195 e. The molecule has 0 aliphatic rings. The van der Waals surface area contributed by atoms with E-state index in [2.05, 4.69) is 47.9 Å². The largest absolute Gasteiger partial charge is 0.494 e. The smallest absolute Gasteiger partial charge is 0.195 e. The zero-order valence-electron chi connectivity index (χ0n) is 16.4. The molecule has 3 nitrogen and oxygen atoms in total. The highest BCUT2D eigenvalue weighted by Gasteiger charge is 2.14. The molecule has 0 radical (unpaired) electrons. The van der Waals surface area contributed by atoms with Crippen LogP contribution in [0.1, 0.15) is 11.8 Å². The molecule has 4 aromatic rings. The zero-order valence-corrected chi connectivity index (χ0v) is 18.9. The van der Waals surface area contributed by atoms with E-state index < -0.39 is 0 Å². The molecule has 4 rings (SSSR count). The Labute approximate surface area is 185 Å². The van der Waals surface area contributed by atoms with Crippen LogP contribution in [-0.4, -0.2) is 11.2 Å². The topological polar surface area (TPSA) is 26.5 Å². The summed E-state index contributed by atoms with van der Waals surface area (Å²) in [6, 6.07) is 28.8. The molecule has 0 unspecified atom stereocenters. The minimum absolute atomic E-state index is 0. The van der Waals surface area contributed by atoms with E-state index in [0.29, 0.717) is 6.61 Å². The Morgan fingerprint density at radius 1 is 0.862 bits per heavy atom. The fourth-order valence-corrected chi connectivity index (χ4v) is 4.21. The molecule has 0 saturated carbocycles. The molecule has 5 heteroatoms. The van der Waals surface area contributed by atoms with Crippen LogP contribution in [0.5, 0.6) is 5.75 Å². The lowest BCUT2D eigenvalue weighted by Gasteiger charge is -2.11. The molecule has 0 saturated heterocycles. The summed E-state index contributed by atoms with van der Waals surface area (Å²) in [5.74, 6) is 0.889. The van der Waals surface area contributed by atoms with Crippen molar-refractivity contribution in [2.24, 2.45) is 4.99 Å². The monoisotopic (exact) mass is 466 g/mol. The summed E-state index contributed by atoms with van der Waals surface area (Å²) in [5.41, 5.74) is 4.36. The molecule has 0 spiro atoms. The van der Waals surface area contributed by atoms with Crippen LogP contribution in [0.3, 0.4) is 0 Å². The van der Waals surface area contributed by atoms with E-state index in [4.69, 9.17) is 9.73 Å². The molecular weight excluding hydrogens is 444 g/mol. The average molecular weight is 467 g/mol. The Balaban J connectivity index is 0.00000240. The molecule has 29 heavy (non-hydrogen) atoms. The Kier molecular flexibility index (Phi) is 7.07. The maximum atomic E-state index is 5.60. The van der Waals surface area contributed by atoms with Gasteiger partial charge in [0.15, 0.2) is 4.80 Å². The van der Waals surface area contributed by atoms with Crippen LogP contribution in [0.25, 0.3) is 16.9 Å². The van der Waals surface area contributed by atoms with Gasteiger partial charge in [0, 0.05) is 10.6 Å². The maximum absolute atomic E-state index is 5.60. The second-order valence-corrected chi connectivity index (χ2v) is 7.55. The third-order valence-electron chi connectivity index (χ3n) is 4.43. The molecule has 0 atom stereocenters. The third-order valence-corrected chi connectivity index (χ3v) is 5.38. The van der Waals surface area contributed by atoms with Crippen molar-refractivity contribution in [3.8, 4) is 22.7 Å². The summed E-state index contributed by atoms with van der Waals surface area (Å²) < 4.78 is 7.84. The van der Waals surface area contributed by atoms with Crippen LogP contribution in [-0.2, 0) is 0 Å². The van der Waals surface area contributed by atoms with Crippen molar-refractivity contribution in [2.45, 2.75) is 13.8 Å². The summed E-state index contributed by atoms with van der Waals surface area (Å²) in [6.07, 6.45) is 0. The Morgan fingerprint density at radius 3 is 2.10 bits per heavy atom. The van der Waals surface area contributed by atoms with Crippen molar-refractivity contribution >= 4 is 34.0 Å². The number of rotatable bonds is 5. The van der Waals surface area contributed by atoms with Gasteiger partial charge in [-0.3, -0.25) is 4.57 Å². The van der Waals surface area contributed by atoms with E-state index in [-0.39, 0.29) is 17.0 Å². The second kappa shape index (κ2) is 9.72. The van der Waals surface area contributed by atoms with Gasteiger partial charge in [0.05, 0.1) is 18.0 Å². The number of nitrogens with zero attached hydrogens (tertiary/aromatic N) is 2. The summed E-state index contributed by atoms with van der Waals surface area (Å²) in [7, 11) is 0. The van der Waals surface area contributed by atoms with Crippen molar-refractivity contribution in [3.63, 3.8) is 0 Å². The average Bonchev–Trinajstić information content (AvgIpc) is 3.06. The van der Waals surface area contributed by atoms with E-state index in [9.17, 15) is 0 Å². The molecule has 1 heterocycles. The Morgan fingerprint density at radius 2 is 1.48 bits per heavy atom. The van der Waals surface area contributed by atoms with Gasteiger partial charge in [0.2, 0.25) is 0 Å². The Bertz CT molecular complexity index is 1120. The number of aryl methyl sites for hydroxylation is 1. The molecule has 1 aromatic heterocycles. The van der Waals surface area contributed by atoms with E-state index in [0.717, 1.165) is 33.2 Å². The summed E-state index contributed by atoms with van der Waals surface area (Å²) >= 11 is 1.70. The number of hydrogen-bond acceptors (Lipinski definition) is 3. The van der Waals surface area contributed by atoms with Gasteiger partial charge in [0.25, 0.3) is 0 Å². The summed E-state index contributed by atoms with van der Waals surface area (Å²) in [5, 5.41) is 0. The molecule has 3 aromatic carbocycles. The molecule has 0 aliphatic heterocycles. The van der Waals surface area contributed by atoms with E-state index in [1.807, 2.05) is 55.5 Å². The molecule has 0 amide bonds. The molecule has 0 N–H and O–H groups in total.